The van der Waals surface area contributed by atoms with E-state index < -0.39 is 31.9 Å². The predicted molar refractivity (Wildman–Crippen MR) is 124 cm³/mol. The summed E-state index contributed by atoms with van der Waals surface area (Å²) in [5, 5.41) is 10.6. The highest BCUT2D eigenvalue weighted by Crippen LogP contribution is 2.38. The zero-order valence-corrected chi connectivity index (χ0v) is 21.5. The van der Waals surface area contributed by atoms with Crippen LogP contribution in [0, 0.1) is 0 Å². The maximum absolute atomic E-state index is 13.1. The maximum Gasteiger partial charge on any atom is 0.231 e. The minimum atomic E-state index is -1.85. The molecule has 1 N–H and O–H groups in total. The second kappa shape index (κ2) is 9.63. The summed E-state index contributed by atoms with van der Waals surface area (Å²) in [6.45, 7) is 14.6. The van der Waals surface area contributed by atoms with Crippen molar-refractivity contribution < 1.29 is 23.8 Å². The van der Waals surface area contributed by atoms with Gasteiger partial charge in [0.1, 0.15) is 10.4 Å². The van der Waals surface area contributed by atoms with Crippen molar-refractivity contribution >= 4 is 42.5 Å². The molecule has 2 rings (SSSR count). The van der Waals surface area contributed by atoms with E-state index >= 15 is 0 Å². The predicted octanol–water partition coefficient (Wildman–Crippen LogP) is 3.92. The maximum atomic E-state index is 13.1. The van der Waals surface area contributed by atoms with E-state index in [2.05, 4.69) is 34.6 Å². The Morgan fingerprint density at radius 3 is 2.45 bits per heavy atom. The van der Waals surface area contributed by atoms with Crippen LogP contribution in [-0.2, 0) is 18.7 Å². The lowest BCUT2D eigenvalue weighted by molar-refractivity contribution is -0.155. The van der Waals surface area contributed by atoms with Gasteiger partial charge in [0.05, 0.1) is 30.8 Å². The third-order valence-electron chi connectivity index (χ3n) is 6.20. The Bertz CT molecular complexity index is 603. The topological polar surface area (TPSA) is 68.2 Å². The van der Waals surface area contributed by atoms with Gasteiger partial charge in [-0.2, -0.15) is 0 Å². The first-order chi connectivity index (χ1) is 13.4. The molecule has 0 aromatic heterocycles. The van der Waals surface area contributed by atoms with Crippen molar-refractivity contribution in [1.82, 2.24) is 4.90 Å². The summed E-state index contributed by atoms with van der Waals surface area (Å²) < 4.78 is 18.6. The van der Waals surface area contributed by atoms with E-state index in [1.165, 1.54) is 11.8 Å². The Balaban J connectivity index is 2.11. The number of thioether (sulfide) groups is 1. The van der Waals surface area contributed by atoms with Crippen molar-refractivity contribution in [1.29, 1.82) is 0 Å². The van der Waals surface area contributed by atoms with Crippen LogP contribution >= 0.6 is 24.0 Å². The number of rotatable bonds is 9. The molecule has 2 fully saturated rings. The Labute approximate surface area is 186 Å². The molecular formula is C20H37NO5S2Si. The monoisotopic (exact) mass is 463 g/mol. The molecule has 0 saturated carbocycles. The number of hydrogen-bond acceptors (Lipinski definition) is 7. The summed E-state index contributed by atoms with van der Waals surface area (Å²) in [6, 6.07) is 3.01. The zero-order valence-electron chi connectivity index (χ0n) is 18.8. The van der Waals surface area contributed by atoms with Gasteiger partial charge in [-0.15, -0.1) is 0 Å². The van der Waals surface area contributed by atoms with Crippen LogP contribution in [0.4, 0.5) is 0 Å². The van der Waals surface area contributed by atoms with E-state index in [0.717, 1.165) is 18.1 Å². The van der Waals surface area contributed by atoms with E-state index in [9.17, 15) is 9.90 Å². The molecule has 0 aliphatic carbocycles. The van der Waals surface area contributed by atoms with E-state index in [-0.39, 0.29) is 25.0 Å². The number of aliphatic hydroxyl groups is 1. The summed E-state index contributed by atoms with van der Waals surface area (Å²) in [7, 11) is -1.85. The van der Waals surface area contributed by atoms with Crippen LogP contribution in [0.15, 0.2) is 0 Å². The quantitative estimate of drug-likeness (QED) is 0.410. The van der Waals surface area contributed by atoms with Gasteiger partial charge >= 0.3 is 0 Å². The molecule has 3 atom stereocenters. The molecule has 1 amide bonds. The van der Waals surface area contributed by atoms with Crippen LogP contribution < -0.4 is 0 Å². The highest BCUT2D eigenvalue weighted by atomic mass is 32.2. The highest BCUT2D eigenvalue weighted by Gasteiger charge is 2.48. The van der Waals surface area contributed by atoms with E-state index in [0.29, 0.717) is 10.1 Å². The third kappa shape index (κ3) is 5.81. The molecule has 2 aliphatic rings. The van der Waals surface area contributed by atoms with Crippen LogP contribution in [-0.4, -0.2) is 70.5 Å². The van der Waals surface area contributed by atoms with Gasteiger partial charge in [0, 0.05) is 5.75 Å². The molecule has 168 valence electrons. The number of hydrogen-bond donors (Lipinski definition) is 1. The Morgan fingerprint density at radius 2 is 1.97 bits per heavy atom. The molecule has 9 heteroatoms. The second-order valence-electron chi connectivity index (χ2n) is 8.94. The lowest BCUT2D eigenvalue weighted by atomic mass is 9.98. The summed E-state index contributed by atoms with van der Waals surface area (Å²) in [4.78, 5) is 14.8. The fourth-order valence-corrected chi connectivity index (χ4v) is 8.95. The minimum Gasteiger partial charge on any atom is -0.410 e. The molecule has 0 bridgehead atoms. The van der Waals surface area contributed by atoms with Gasteiger partial charge in [-0.3, -0.25) is 9.69 Å². The zero-order chi connectivity index (χ0) is 22.0. The fourth-order valence-electron chi connectivity index (χ4n) is 4.12. The number of thiocarbonyl (C=S) groups is 1. The van der Waals surface area contributed by atoms with Gasteiger partial charge in [0.15, 0.2) is 14.1 Å². The van der Waals surface area contributed by atoms with Crippen molar-refractivity contribution in [3.63, 3.8) is 0 Å². The number of amides is 1. The molecule has 29 heavy (non-hydrogen) atoms. The fraction of sp³-hybridized carbons (Fsp3) is 0.900. The Morgan fingerprint density at radius 1 is 1.38 bits per heavy atom. The average Bonchev–Trinajstić information content (AvgIpc) is 3.22. The first kappa shape index (κ1) is 25.2. The standard InChI is InChI=1S/C20H37NO5S2Si/c1-8-29(9-2,10-3)26-19(4,5)16-13-28-18(27)21(16)17(23)11-14(22)15-12-24-20(6,7)25-15/h14-16,22H,8-13H2,1-7H3/t14-,15-,16+/m1/s1. The molecular weight excluding hydrogens is 426 g/mol. The number of ether oxygens (including phenoxy) is 2. The molecule has 0 radical (unpaired) electrons. The summed E-state index contributed by atoms with van der Waals surface area (Å²) in [5.41, 5.74) is -0.503. The van der Waals surface area contributed by atoms with Gasteiger partial charge in [0.2, 0.25) is 5.91 Å². The number of aliphatic hydroxyl groups excluding tert-OH is 1. The summed E-state index contributed by atoms with van der Waals surface area (Å²) in [5.74, 6) is -0.203. The first-order valence-electron chi connectivity index (χ1n) is 10.6. The molecule has 2 heterocycles. The Kier molecular flexibility index (Phi) is 8.37. The van der Waals surface area contributed by atoms with Gasteiger partial charge in [-0.05, 0) is 45.8 Å². The molecule has 0 aromatic carbocycles. The second-order valence-corrected chi connectivity index (χ2v) is 15.3. The van der Waals surface area contributed by atoms with Crippen molar-refractivity contribution in [3.8, 4) is 0 Å². The first-order valence-corrected chi connectivity index (χ1v) is 14.5. The van der Waals surface area contributed by atoms with Crippen LogP contribution in [0.25, 0.3) is 0 Å². The van der Waals surface area contributed by atoms with Gasteiger partial charge < -0.3 is 19.0 Å². The van der Waals surface area contributed by atoms with Crippen LogP contribution in [0.2, 0.25) is 18.1 Å². The van der Waals surface area contributed by atoms with Crippen LogP contribution in [0.1, 0.15) is 54.9 Å². The van der Waals surface area contributed by atoms with Crippen LogP contribution in [0.3, 0.4) is 0 Å². The van der Waals surface area contributed by atoms with Crippen LogP contribution in [0.5, 0.6) is 0 Å². The summed E-state index contributed by atoms with van der Waals surface area (Å²) in [6.07, 6.45) is -1.49. The van der Waals surface area contributed by atoms with E-state index in [1.54, 1.807) is 18.7 Å². The smallest absolute Gasteiger partial charge is 0.231 e. The highest BCUT2D eigenvalue weighted by molar-refractivity contribution is 8.23. The van der Waals surface area contributed by atoms with Crippen molar-refractivity contribution in [2.45, 2.75) is 103 Å². The molecule has 0 aromatic rings. The minimum absolute atomic E-state index is 0.0463. The van der Waals surface area contributed by atoms with Gasteiger partial charge in [-0.1, -0.05) is 44.8 Å². The van der Waals surface area contributed by atoms with Crippen molar-refractivity contribution in [2.75, 3.05) is 12.4 Å². The average molecular weight is 464 g/mol. The molecule has 2 saturated heterocycles. The molecule has 2 aliphatic heterocycles. The normalized spacial score (nSPS) is 26.2. The lowest BCUT2D eigenvalue weighted by Gasteiger charge is -2.44. The number of carbonyl (C=O) groups excluding carboxylic acids is 1. The van der Waals surface area contributed by atoms with E-state index in [1.807, 2.05) is 0 Å². The lowest BCUT2D eigenvalue weighted by Crippen LogP contribution is -2.57. The van der Waals surface area contributed by atoms with Crippen molar-refractivity contribution in [2.24, 2.45) is 0 Å². The number of carbonyl (C=O) groups is 1. The SMILES string of the molecule is CC[Si](CC)(CC)OC(C)(C)[C@@H]1CSC(=S)N1C(=O)C[C@@H](O)[C@H]1COC(C)(C)O1. The summed E-state index contributed by atoms with van der Waals surface area (Å²) >= 11 is 7.01. The Hall–Kier alpha value is -0.0331. The van der Waals surface area contributed by atoms with Gasteiger partial charge in [-0.25, -0.2) is 0 Å². The van der Waals surface area contributed by atoms with E-state index in [4.69, 9.17) is 26.1 Å². The number of nitrogens with zero attached hydrogens (tertiary/aromatic N) is 1. The third-order valence-corrected chi connectivity index (χ3v) is 12.5. The van der Waals surface area contributed by atoms with Gasteiger partial charge in [0.25, 0.3) is 0 Å². The largest absolute Gasteiger partial charge is 0.410 e. The molecule has 6 nitrogen and oxygen atoms in total. The van der Waals surface area contributed by atoms with Crippen molar-refractivity contribution in [3.05, 3.63) is 0 Å². The molecule has 0 spiro atoms. The molecule has 0 unspecified atom stereocenters.